The van der Waals surface area contributed by atoms with Gasteiger partial charge in [-0.15, -0.1) is 5.10 Å². The van der Waals surface area contributed by atoms with E-state index in [2.05, 4.69) is 20.4 Å². The van der Waals surface area contributed by atoms with Crippen LogP contribution >= 0.6 is 0 Å². The van der Waals surface area contributed by atoms with E-state index in [4.69, 9.17) is 5.73 Å². The molecule has 6 nitrogen and oxygen atoms in total. The van der Waals surface area contributed by atoms with Gasteiger partial charge in [-0.05, 0) is 50.6 Å². The third-order valence-electron chi connectivity index (χ3n) is 4.73. The number of aromatic nitrogens is 4. The van der Waals surface area contributed by atoms with Crippen molar-refractivity contribution in [2.75, 3.05) is 11.1 Å². The maximum Gasteiger partial charge on any atom is 0.225 e. The van der Waals surface area contributed by atoms with Crippen molar-refractivity contribution in [1.82, 2.24) is 19.7 Å². The molecule has 4 aromatic rings. The molecule has 0 bridgehead atoms. The fourth-order valence-corrected chi connectivity index (χ4v) is 3.31. The van der Waals surface area contributed by atoms with Crippen molar-refractivity contribution in [1.29, 1.82) is 0 Å². The topological polar surface area (TPSA) is 81.7 Å². The van der Waals surface area contributed by atoms with Gasteiger partial charge in [0.05, 0.1) is 16.6 Å². The molecule has 0 aliphatic heterocycles. The molecular weight excluding hydrogens is 405 g/mol. The minimum atomic E-state index is -0.779. The van der Waals surface area contributed by atoms with Crippen molar-refractivity contribution >= 4 is 22.8 Å². The van der Waals surface area contributed by atoms with E-state index in [1.54, 1.807) is 16.8 Å². The fourth-order valence-electron chi connectivity index (χ4n) is 3.31. The SMILES string of the molecule is CC(C)(C)n1nc2nc(NCc3cccc(F)c3)nc(-c3ccc(F)cc3F)c2c1N. The molecule has 0 saturated heterocycles. The first kappa shape index (κ1) is 20.6. The second kappa shape index (κ2) is 7.57. The van der Waals surface area contributed by atoms with Crippen molar-refractivity contribution in [2.45, 2.75) is 32.9 Å². The minimum absolute atomic E-state index is 0.0720. The molecule has 2 aromatic carbocycles. The first-order chi connectivity index (χ1) is 14.6. The monoisotopic (exact) mass is 426 g/mol. The Morgan fingerprint density at radius 1 is 1.00 bits per heavy atom. The van der Waals surface area contributed by atoms with Crippen LogP contribution in [0.25, 0.3) is 22.3 Å². The standard InChI is InChI=1S/C22H21F3N6/c1-22(2,3)31-19(26)17-18(15-8-7-14(24)10-16(15)25)28-21(29-20(17)30-31)27-11-12-5-4-6-13(23)9-12/h4-10H,11,26H2,1-3H3,(H,27,29,30). The number of hydrogen-bond donors (Lipinski definition) is 2. The average Bonchev–Trinajstić information content (AvgIpc) is 3.03. The number of fused-ring (bicyclic) bond motifs is 1. The van der Waals surface area contributed by atoms with Crippen LogP contribution in [0.4, 0.5) is 24.9 Å². The molecular formula is C22H21F3N6. The normalized spacial score (nSPS) is 11.8. The summed E-state index contributed by atoms with van der Waals surface area (Å²) in [6.07, 6.45) is 0. The number of nitrogens with one attached hydrogen (secondary N) is 1. The van der Waals surface area contributed by atoms with E-state index >= 15 is 0 Å². The van der Waals surface area contributed by atoms with Crippen molar-refractivity contribution < 1.29 is 13.2 Å². The molecule has 0 aliphatic rings. The number of benzene rings is 2. The van der Waals surface area contributed by atoms with Gasteiger partial charge in [-0.2, -0.15) is 4.98 Å². The van der Waals surface area contributed by atoms with E-state index in [0.29, 0.717) is 10.9 Å². The third-order valence-corrected chi connectivity index (χ3v) is 4.73. The van der Waals surface area contributed by atoms with Gasteiger partial charge >= 0.3 is 0 Å². The van der Waals surface area contributed by atoms with Crippen LogP contribution in [0, 0.1) is 17.5 Å². The Hall–Kier alpha value is -3.62. The van der Waals surface area contributed by atoms with Gasteiger partial charge in [-0.1, -0.05) is 12.1 Å². The number of nitrogens with two attached hydrogens (primary N) is 1. The molecule has 3 N–H and O–H groups in total. The largest absolute Gasteiger partial charge is 0.383 e. The van der Waals surface area contributed by atoms with Gasteiger partial charge in [0.25, 0.3) is 0 Å². The van der Waals surface area contributed by atoms with Crippen LogP contribution < -0.4 is 11.1 Å². The first-order valence-electron chi connectivity index (χ1n) is 9.64. The second-order valence-electron chi connectivity index (χ2n) is 8.17. The van der Waals surface area contributed by atoms with Crippen molar-refractivity contribution in [3.8, 4) is 11.3 Å². The zero-order valence-corrected chi connectivity index (χ0v) is 17.2. The van der Waals surface area contributed by atoms with Crippen LogP contribution in [0.3, 0.4) is 0 Å². The van der Waals surface area contributed by atoms with Gasteiger partial charge in [-0.3, -0.25) is 0 Å². The predicted molar refractivity (Wildman–Crippen MR) is 114 cm³/mol. The molecule has 2 heterocycles. The molecule has 160 valence electrons. The van der Waals surface area contributed by atoms with Gasteiger partial charge in [0, 0.05) is 18.2 Å². The Kier molecular flexibility index (Phi) is 5.04. The van der Waals surface area contributed by atoms with Gasteiger partial charge in [-0.25, -0.2) is 22.8 Å². The van der Waals surface area contributed by atoms with Crippen LogP contribution in [0.5, 0.6) is 0 Å². The molecule has 0 fully saturated rings. The van der Waals surface area contributed by atoms with E-state index in [0.717, 1.165) is 12.1 Å². The molecule has 9 heteroatoms. The summed E-state index contributed by atoms with van der Waals surface area (Å²) in [4.78, 5) is 8.86. The molecule has 4 rings (SSSR count). The third kappa shape index (κ3) is 4.03. The number of rotatable bonds is 4. The summed E-state index contributed by atoms with van der Waals surface area (Å²) >= 11 is 0. The molecule has 0 saturated carbocycles. The van der Waals surface area contributed by atoms with Crippen LogP contribution in [-0.4, -0.2) is 19.7 Å². The molecule has 0 aliphatic carbocycles. The van der Waals surface area contributed by atoms with Crippen LogP contribution in [0.1, 0.15) is 26.3 Å². The lowest BCUT2D eigenvalue weighted by molar-refractivity contribution is 0.364. The first-order valence-corrected chi connectivity index (χ1v) is 9.64. The van der Waals surface area contributed by atoms with Crippen LogP contribution in [-0.2, 0) is 12.1 Å². The smallest absolute Gasteiger partial charge is 0.225 e. The maximum absolute atomic E-state index is 14.6. The van der Waals surface area contributed by atoms with E-state index in [9.17, 15) is 13.2 Å². The van der Waals surface area contributed by atoms with Crippen molar-refractivity contribution in [3.05, 3.63) is 65.5 Å². The van der Waals surface area contributed by atoms with Crippen LogP contribution in [0.2, 0.25) is 0 Å². The summed E-state index contributed by atoms with van der Waals surface area (Å²) in [6.45, 7) is 6.00. The number of halogens is 3. The van der Waals surface area contributed by atoms with Gasteiger partial charge in [0.15, 0.2) is 5.65 Å². The summed E-state index contributed by atoms with van der Waals surface area (Å²) in [5.41, 5.74) is 7.09. The minimum Gasteiger partial charge on any atom is -0.383 e. The molecule has 0 atom stereocenters. The Balaban J connectivity index is 1.86. The molecule has 0 amide bonds. The highest BCUT2D eigenvalue weighted by molar-refractivity contribution is 5.99. The second-order valence-corrected chi connectivity index (χ2v) is 8.17. The number of anilines is 2. The quantitative estimate of drug-likeness (QED) is 0.487. The number of nitrogens with zero attached hydrogens (tertiary/aromatic N) is 4. The lowest BCUT2D eigenvalue weighted by Crippen LogP contribution is -2.24. The highest BCUT2D eigenvalue weighted by atomic mass is 19.1. The predicted octanol–water partition coefficient (Wildman–Crippen LogP) is 4.86. The summed E-state index contributed by atoms with van der Waals surface area (Å²) in [5, 5.41) is 7.88. The molecule has 31 heavy (non-hydrogen) atoms. The summed E-state index contributed by atoms with van der Waals surface area (Å²) in [6, 6.07) is 9.32. The lowest BCUT2D eigenvalue weighted by Gasteiger charge is -2.20. The fraction of sp³-hybridized carbons (Fsp3) is 0.227. The summed E-state index contributed by atoms with van der Waals surface area (Å²) in [5.74, 6) is -1.40. The van der Waals surface area contributed by atoms with Crippen molar-refractivity contribution in [3.63, 3.8) is 0 Å². The van der Waals surface area contributed by atoms with E-state index in [1.165, 1.54) is 18.2 Å². The molecule has 0 radical (unpaired) electrons. The highest BCUT2D eigenvalue weighted by Gasteiger charge is 2.25. The van der Waals surface area contributed by atoms with Gasteiger partial charge < -0.3 is 11.1 Å². The van der Waals surface area contributed by atoms with E-state index in [-0.39, 0.29) is 41.0 Å². The highest BCUT2D eigenvalue weighted by Crippen LogP contribution is 2.35. The Morgan fingerprint density at radius 3 is 2.42 bits per heavy atom. The Morgan fingerprint density at radius 2 is 1.74 bits per heavy atom. The summed E-state index contributed by atoms with van der Waals surface area (Å²) < 4.78 is 43.2. The Bertz CT molecular complexity index is 1280. The number of hydrogen-bond acceptors (Lipinski definition) is 5. The van der Waals surface area contributed by atoms with E-state index in [1.807, 2.05) is 20.8 Å². The van der Waals surface area contributed by atoms with Gasteiger partial charge in [0.2, 0.25) is 5.95 Å². The zero-order valence-electron chi connectivity index (χ0n) is 17.2. The maximum atomic E-state index is 14.6. The van der Waals surface area contributed by atoms with Crippen molar-refractivity contribution in [2.24, 2.45) is 0 Å². The summed E-state index contributed by atoms with van der Waals surface area (Å²) in [7, 11) is 0. The van der Waals surface area contributed by atoms with Gasteiger partial charge in [0.1, 0.15) is 23.3 Å². The zero-order chi connectivity index (χ0) is 22.3. The molecule has 0 spiro atoms. The molecule has 0 unspecified atom stereocenters. The lowest BCUT2D eigenvalue weighted by atomic mass is 10.1. The van der Waals surface area contributed by atoms with E-state index < -0.39 is 17.2 Å². The molecule has 2 aromatic heterocycles. The van der Waals surface area contributed by atoms with Crippen LogP contribution in [0.15, 0.2) is 42.5 Å². The average molecular weight is 426 g/mol. The number of nitrogen functional groups attached to an aromatic ring is 1. The Labute approximate surface area is 176 Å².